The Morgan fingerprint density at radius 2 is 2.00 bits per heavy atom. The fourth-order valence-electron chi connectivity index (χ4n) is 2.82. The Labute approximate surface area is 163 Å². The molecule has 3 aromatic rings. The van der Waals surface area contributed by atoms with E-state index in [1.54, 1.807) is 36.3 Å². The van der Waals surface area contributed by atoms with E-state index in [0.717, 1.165) is 17.7 Å². The molecule has 0 saturated heterocycles. The Kier molecular flexibility index (Phi) is 6.14. The maximum atomic E-state index is 12.9. The van der Waals surface area contributed by atoms with Gasteiger partial charge in [-0.1, -0.05) is 47.9 Å². The molecule has 0 radical (unpaired) electrons. The third-order valence-corrected chi connectivity index (χ3v) is 4.48. The summed E-state index contributed by atoms with van der Waals surface area (Å²) in [5.41, 5.74) is 2.04. The number of rotatable bonds is 7. The van der Waals surface area contributed by atoms with E-state index in [4.69, 9.17) is 20.9 Å². The zero-order valence-electron chi connectivity index (χ0n) is 15.3. The molecule has 0 aliphatic carbocycles. The molecule has 0 unspecified atom stereocenters. The number of methoxy groups -OCH3 is 1. The lowest BCUT2D eigenvalue weighted by molar-refractivity contribution is 0.0740. The van der Waals surface area contributed by atoms with Crippen molar-refractivity contribution in [2.45, 2.75) is 19.9 Å². The van der Waals surface area contributed by atoms with E-state index >= 15 is 0 Å². The minimum Gasteiger partial charge on any atom is -0.497 e. The fraction of sp³-hybridized carbons (Fsp3) is 0.238. The highest BCUT2D eigenvalue weighted by molar-refractivity contribution is 6.33. The van der Waals surface area contributed by atoms with Crippen molar-refractivity contribution in [3.63, 3.8) is 0 Å². The van der Waals surface area contributed by atoms with Gasteiger partial charge in [-0.3, -0.25) is 4.79 Å². The van der Waals surface area contributed by atoms with Gasteiger partial charge in [0.25, 0.3) is 5.91 Å². The molecule has 3 rings (SSSR count). The minimum absolute atomic E-state index is 0.117. The van der Waals surface area contributed by atoms with Gasteiger partial charge < -0.3 is 14.2 Å². The highest BCUT2D eigenvalue weighted by Gasteiger charge is 2.19. The van der Waals surface area contributed by atoms with Crippen molar-refractivity contribution in [1.82, 2.24) is 10.1 Å². The van der Waals surface area contributed by atoms with Gasteiger partial charge in [-0.2, -0.15) is 0 Å². The predicted molar refractivity (Wildman–Crippen MR) is 105 cm³/mol. The molecule has 0 spiro atoms. The molecule has 1 amide bonds. The van der Waals surface area contributed by atoms with Crippen LogP contribution in [-0.4, -0.2) is 29.6 Å². The molecule has 0 saturated carbocycles. The molecule has 0 atom stereocenters. The molecule has 0 N–H and O–H groups in total. The van der Waals surface area contributed by atoms with Crippen LogP contribution in [0.4, 0.5) is 0 Å². The van der Waals surface area contributed by atoms with E-state index in [0.29, 0.717) is 35.1 Å². The molecular weight excluding hydrogens is 364 g/mol. The van der Waals surface area contributed by atoms with Crippen molar-refractivity contribution in [3.05, 3.63) is 70.9 Å². The maximum Gasteiger partial charge on any atom is 0.255 e. The largest absolute Gasteiger partial charge is 0.497 e. The van der Waals surface area contributed by atoms with Gasteiger partial charge >= 0.3 is 0 Å². The predicted octanol–water partition coefficient (Wildman–Crippen LogP) is 5.06. The summed E-state index contributed by atoms with van der Waals surface area (Å²) in [4.78, 5) is 14.6. The van der Waals surface area contributed by atoms with Crippen LogP contribution in [0.5, 0.6) is 5.75 Å². The van der Waals surface area contributed by atoms with E-state index < -0.39 is 0 Å². The molecule has 6 heteroatoms. The number of amides is 1. The van der Waals surface area contributed by atoms with Crippen molar-refractivity contribution >= 4 is 17.5 Å². The number of ether oxygens (including phenoxy) is 1. The van der Waals surface area contributed by atoms with Gasteiger partial charge in [0.2, 0.25) is 0 Å². The molecule has 5 nitrogen and oxygen atoms in total. The summed E-state index contributed by atoms with van der Waals surface area (Å²) in [6.45, 7) is 2.98. The Morgan fingerprint density at radius 3 is 2.74 bits per heavy atom. The van der Waals surface area contributed by atoms with E-state index in [1.807, 2.05) is 37.3 Å². The second-order valence-corrected chi connectivity index (χ2v) is 6.53. The van der Waals surface area contributed by atoms with E-state index in [9.17, 15) is 4.79 Å². The van der Waals surface area contributed by atoms with Crippen LogP contribution in [0, 0.1) is 0 Å². The number of aromatic nitrogens is 1. The quantitative estimate of drug-likeness (QED) is 0.571. The topological polar surface area (TPSA) is 55.6 Å². The van der Waals surface area contributed by atoms with Crippen LogP contribution in [0.15, 0.2) is 59.1 Å². The summed E-state index contributed by atoms with van der Waals surface area (Å²) in [5, 5.41) is 4.57. The van der Waals surface area contributed by atoms with E-state index in [2.05, 4.69) is 5.16 Å². The van der Waals surface area contributed by atoms with Gasteiger partial charge in [-0.15, -0.1) is 0 Å². The third-order valence-electron chi connectivity index (χ3n) is 4.15. The second kappa shape index (κ2) is 8.73. The standard InChI is InChI=1S/C21H21ClN2O3/c1-3-11-24(21(25)18-9-4-5-10-19(18)22)14-16-13-20(27-23-16)15-7-6-8-17(12-15)26-2/h4-10,12-13H,3,11,14H2,1-2H3. The summed E-state index contributed by atoms with van der Waals surface area (Å²) in [7, 11) is 1.62. The van der Waals surface area contributed by atoms with Gasteiger partial charge in [-0.05, 0) is 30.7 Å². The van der Waals surface area contributed by atoms with Gasteiger partial charge in [0, 0.05) is 18.2 Å². The molecule has 0 aliphatic heterocycles. The van der Waals surface area contributed by atoms with Crippen LogP contribution in [-0.2, 0) is 6.54 Å². The summed E-state index contributed by atoms with van der Waals surface area (Å²) < 4.78 is 10.7. The molecule has 0 bridgehead atoms. The van der Waals surface area contributed by atoms with Crippen molar-refractivity contribution in [1.29, 1.82) is 0 Å². The number of carbonyl (C=O) groups excluding carboxylic acids is 1. The van der Waals surface area contributed by atoms with Crippen molar-refractivity contribution in [2.75, 3.05) is 13.7 Å². The third kappa shape index (κ3) is 4.49. The average Bonchev–Trinajstić information content (AvgIpc) is 3.16. The first-order chi connectivity index (χ1) is 13.1. The molecular formula is C21H21ClN2O3. The minimum atomic E-state index is -0.117. The SMILES string of the molecule is CCCN(Cc1cc(-c2cccc(OC)c2)on1)C(=O)c1ccccc1Cl. The lowest BCUT2D eigenvalue weighted by Gasteiger charge is -2.21. The van der Waals surface area contributed by atoms with Gasteiger partial charge in [-0.25, -0.2) is 0 Å². The van der Waals surface area contributed by atoms with Crippen LogP contribution < -0.4 is 4.74 Å². The first kappa shape index (κ1) is 19.0. The van der Waals surface area contributed by atoms with Crippen LogP contribution >= 0.6 is 11.6 Å². The molecule has 0 aliphatic rings. The smallest absolute Gasteiger partial charge is 0.255 e. The Morgan fingerprint density at radius 1 is 1.19 bits per heavy atom. The van der Waals surface area contributed by atoms with Crippen molar-refractivity contribution < 1.29 is 14.1 Å². The van der Waals surface area contributed by atoms with Crippen LogP contribution in [0.3, 0.4) is 0 Å². The summed E-state index contributed by atoms with van der Waals surface area (Å²) >= 11 is 6.19. The molecule has 2 aromatic carbocycles. The first-order valence-corrected chi connectivity index (χ1v) is 9.14. The van der Waals surface area contributed by atoms with Gasteiger partial charge in [0.1, 0.15) is 11.4 Å². The number of halogens is 1. The number of hydrogen-bond donors (Lipinski definition) is 0. The van der Waals surface area contributed by atoms with E-state index in [1.165, 1.54) is 0 Å². The highest BCUT2D eigenvalue weighted by atomic mass is 35.5. The normalized spacial score (nSPS) is 10.6. The number of benzene rings is 2. The summed E-state index contributed by atoms with van der Waals surface area (Å²) in [5.74, 6) is 1.26. The van der Waals surface area contributed by atoms with Gasteiger partial charge in [0.15, 0.2) is 5.76 Å². The first-order valence-electron chi connectivity index (χ1n) is 8.76. The molecule has 27 heavy (non-hydrogen) atoms. The summed E-state index contributed by atoms with van der Waals surface area (Å²) in [6, 6.07) is 16.5. The van der Waals surface area contributed by atoms with Crippen LogP contribution in [0.25, 0.3) is 11.3 Å². The number of nitrogens with zero attached hydrogens (tertiary/aromatic N) is 2. The van der Waals surface area contributed by atoms with Crippen molar-refractivity contribution in [2.24, 2.45) is 0 Å². The zero-order chi connectivity index (χ0) is 19.2. The molecule has 140 valence electrons. The average molecular weight is 385 g/mol. The Balaban J connectivity index is 1.80. The monoisotopic (exact) mass is 384 g/mol. The fourth-order valence-corrected chi connectivity index (χ4v) is 3.04. The number of carbonyl (C=O) groups is 1. The number of hydrogen-bond acceptors (Lipinski definition) is 4. The van der Waals surface area contributed by atoms with E-state index in [-0.39, 0.29) is 5.91 Å². The molecule has 0 fully saturated rings. The van der Waals surface area contributed by atoms with Crippen LogP contribution in [0.2, 0.25) is 5.02 Å². The van der Waals surface area contributed by atoms with Crippen molar-refractivity contribution in [3.8, 4) is 17.1 Å². The Hall–Kier alpha value is -2.79. The lowest BCUT2D eigenvalue weighted by Crippen LogP contribution is -2.31. The van der Waals surface area contributed by atoms with Gasteiger partial charge in [0.05, 0.1) is 24.2 Å². The molecule has 1 aromatic heterocycles. The Bertz CT molecular complexity index is 923. The highest BCUT2D eigenvalue weighted by Crippen LogP contribution is 2.25. The lowest BCUT2D eigenvalue weighted by atomic mass is 10.1. The zero-order valence-corrected chi connectivity index (χ0v) is 16.1. The molecule has 1 heterocycles. The summed E-state index contributed by atoms with van der Waals surface area (Å²) in [6.07, 6.45) is 0.830. The van der Waals surface area contributed by atoms with Crippen LogP contribution in [0.1, 0.15) is 29.4 Å². The second-order valence-electron chi connectivity index (χ2n) is 6.12. The maximum absolute atomic E-state index is 12.9.